The summed E-state index contributed by atoms with van der Waals surface area (Å²) in [4.78, 5) is 14.7. The molecule has 0 unspecified atom stereocenters. The Balaban J connectivity index is 1.63. The average molecular weight is 377 g/mol. The fourth-order valence-electron chi connectivity index (χ4n) is 4.01. The summed E-state index contributed by atoms with van der Waals surface area (Å²) in [6.07, 6.45) is 7.12. The first kappa shape index (κ1) is 16.4. The Labute approximate surface area is 155 Å². The predicted molar refractivity (Wildman–Crippen MR) is 95.4 cm³/mol. The van der Waals surface area contributed by atoms with Gasteiger partial charge >= 0.3 is 5.92 Å². The molecule has 26 heavy (non-hydrogen) atoms. The molecule has 2 aliphatic carbocycles. The number of halogens is 3. The van der Waals surface area contributed by atoms with Crippen LogP contribution in [0.3, 0.4) is 0 Å². The van der Waals surface area contributed by atoms with Crippen LogP contribution < -0.4 is 4.90 Å². The van der Waals surface area contributed by atoms with Crippen molar-refractivity contribution in [3.8, 4) is 0 Å². The molecule has 2 fully saturated rings. The van der Waals surface area contributed by atoms with Crippen molar-refractivity contribution in [2.24, 2.45) is 0 Å². The summed E-state index contributed by atoms with van der Waals surface area (Å²) in [6, 6.07) is 3.71. The average Bonchev–Trinajstić information content (AvgIpc) is 3.23. The third-order valence-electron chi connectivity index (χ3n) is 5.95. The van der Waals surface area contributed by atoms with Gasteiger partial charge < -0.3 is 4.90 Å². The second-order valence-corrected chi connectivity index (χ2v) is 8.27. The van der Waals surface area contributed by atoms with Crippen LogP contribution in [0.25, 0.3) is 0 Å². The van der Waals surface area contributed by atoms with Gasteiger partial charge in [0.1, 0.15) is 11.0 Å². The van der Waals surface area contributed by atoms with Crippen LogP contribution in [-0.4, -0.2) is 21.5 Å². The second-order valence-electron chi connectivity index (χ2n) is 7.88. The monoisotopic (exact) mass is 376 g/mol. The summed E-state index contributed by atoms with van der Waals surface area (Å²) in [6.45, 7) is 1.60. The standard InChI is InChI=1S/C19H19ClF2N4/c1-18(21,22)17-24-13(11-3-2-4-11)7-16(25-17)26-10-19(5-6-19)12-9-23-15(20)8-14(12)26/h7-9,11H,2-6,10H2,1H3. The minimum absolute atomic E-state index is 0.0728. The van der Waals surface area contributed by atoms with Gasteiger partial charge in [-0.05, 0) is 31.7 Å². The van der Waals surface area contributed by atoms with E-state index in [0.29, 0.717) is 11.0 Å². The SMILES string of the molecule is CC(F)(F)c1nc(C2CCC2)cc(N2CC3(CC3)c3cnc(Cl)cc32)n1. The predicted octanol–water partition coefficient (Wildman–Crippen LogP) is 5.09. The number of alkyl halides is 2. The van der Waals surface area contributed by atoms with Gasteiger partial charge in [-0.25, -0.2) is 15.0 Å². The van der Waals surface area contributed by atoms with Crippen molar-refractivity contribution in [1.29, 1.82) is 0 Å². The zero-order valence-electron chi connectivity index (χ0n) is 14.5. The smallest absolute Gasteiger partial charge is 0.303 e. The number of anilines is 2. The van der Waals surface area contributed by atoms with Crippen LogP contribution in [0.1, 0.15) is 62.0 Å². The third-order valence-corrected chi connectivity index (χ3v) is 6.16. The zero-order chi connectivity index (χ0) is 18.1. The van der Waals surface area contributed by atoms with E-state index >= 15 is 0 Å². The van der Waals surface area contributed by atoms with Crippen molar-refractivity contribution in [2.75, 3.05) is 11.4 Å². The summed E-state index contributed by atoms with van der Waals surface area (Å²) in [5, 5.41) is 0.403. The summed E-state index contributed by atoms with van der Waals surface area (Å²) < 4.78 is 28.1. The lowest BCUT2D eigenvalue weighted by Crippen LogP contribution is -2.24. The minimum Gasteiger partial charge on any atom is -0.325 e. The molecular weight excluding hydrogens is 358 g/mol. The Hall–Kier alpha value is -1.82. The molecule has 0 atom stereocenters. The molecule has 4 nitrogen and oxygen atoms in total. The molecule has 2 aromatic rings. The van der Waals surface area contributed by atoms with E-state index in [9.17, 15) is 8.78 Å². The first-order valence-electron chi connectivity index (χ1n) is 9.07. The number of rotatable bonds is 3. The summed E-state index contributed by atoms with van der Waals surface area (Å²) in [7, 11) is 0. The zero-order valence-corrected chi connectivity index (χ0v) is 15.2. The molecule has 7 heteroatoms. The molecule has 1 spiro atoms. The van der Waals surface area contributed by atoms with Crippen LogP contribution in [0.4, 0.5) is 20.3 Å². The van der Waals surface area contributed by atoms with Gasteiger partial charge in [0.25, 0.3) is 0 Å². The van der Waals surface area contributed by atoms with Gasteiger partial charge in [-0.2, -0.15) is 8.78 Å². The van der Waals surface area contributed by atoms with Crippen LogP contribution in [0, 0.1) is 0 Å². The van der Waals surface area contributed by atoms with E-state index < -0.39 is 11.7 Å². The molecule has 3 heterocycles. The minimum atomic E-state index is -3.07. The van der Waals surface area contributed by atoms with Gasteiger partial charge in [-0.3, -0.25) is 0 Å². The quantitative estimate of drug-likeness (QED) is 0.700. The number of hydrogen-bond acceptors (Lipinski definition) is 4. The second kappa shape index (κ2) is 5.35. The highest BCUT2D eigenvalue weighted by Crippen LogP contribution is 2.58. The molecule has 2 aromatic heterocycles. The van der Waals surface area contributed by atoms with Crippen molar-refractivity contribution >= 4 is 23.1 Å². The number of fused-ring (bicyclic) bond motifs is 2. The molecule has 1 aliphatic heterocycles. The van der Waals surface area contributed by atoms with Crippen LogP contribution in [-0.2, 0) is 11.3 Å². The van der Waals surface area contributed by atoms with E-state index in [2.05, 4.69) is 15.0 Å². The first-order valence-corrected chi connectivity index (χ1v) is 9.44. The van der Waals surface area contributed by atoms with Crippen molar-refractivity contribution in [3.63, 3.8) is 0 Å². The maximum absolute atomic E-state index is 14.0. The highest BCUT2D eigenvalue weighted by molar-refractivity contribution is 6.29. The van der Waals surface area contributed by atoms with Crippen LogP contribution in [0.15, 0.2) is 18.3 Å². The highest BCUT2D eigenvalue weighted by atomic mass is 35.5. The molecule has 0 aromatic carbocycles. The number of aromatic nitrogens is 3. The lowest BCUT2D eigenvalue weighted by atomic mass is 9.83. The molecule has 2 saturated carbocycles. The molecule has 3 aliphatic rings. The van der Waals surface area contributed by atoms with Crippen LogP contribution in [0.2, 0.25) is 5.15 Å². The topological polar surface area (TPSA) is 41.9 Å². The lowest BCUT2D eigenvalue weighted by molar-refractivity contribution is 0.00740. The van der Waals surface area contributed by atoms with Gasteiger partial charge in [-0.15, -0.1) is 0 Å². The summed E-state index contributed by atoms with van der Waals surface area (Å²) >= 11 is 6.12. The Morgan fingerprint density at radius 3 is 2.62 bits per heavy atom. The van der Waals surface area contributed by atoms with Crippen molar-refractivity contribution in [3.05, 3.63) is 40.6 Å². The molecule has 5 rings (SSSR count). The number of pyridine rings is 1. The Bertz CT molecular complexity index is 888. The molecule has 136 valence electrons. The van der Waals surface area contributed by atoms with E-state index in [4.69, 9.17) is 11.6 Å². The fourth-order valence-corrected chi connectivity index (χ4v) is 4.16. The normalized spacial score (nSPS) is 21.0. The molecule has 0 bridgehead atoms. The Kier molecular flexibility index (Phi) is 3.36. The molecule has 0 saturated heterocycles. The molecule has 0 radical (unpaired) electrons. The van der Waals surface area contributed by atoms with E-state index in [0.717, 1.165) is 62.5 Å². The van der Waals surface area contributed by atoms with E-state index in [1.807, 2.05) is 23.2 Å². The van der Waals surface area contributed by atoms with Crippen LogP contribution >= 0.6 is 11.6 Å². The first-order chi connectivity index (χ1) is 12.4. The third kappa shape index (κ3) is 2.49. The largest absolute Gasteiger partial charge is 0.325 e. The fraction of sp³-hybridized carbons (Fsp3) is 0.526. The maximum atomic E-state index is 14.0. The van der Waals surface area contributed by atoms with Crippen LogP contribution in [0.5, 0.6) is 0 Å². The van der Waals surface area contributed by atoms with Crippen molar-refractivity contribution in [1.82, 2.24) is 15.0 Å². The lowest BCUT2D eigenvalue weighted by Gasteiger charge is -2.27. The van der Waals surface area contributed by atoms with Gasteiger partial charge in [-0.1, -0.05) is 18.0 Å². The van der Waals surface area contributed by atoms with Gasteiger partial charge in [0.2, 0.25) is 5.82 Å². The summed E-state index contributed by atoms with van der Waals surface area (Å²) in [5.41, 5.74) is 2.89. The highest BCUT2D eigenvalue weighted by Gasteiger charge is 2.52. The van der Waals surface area contributed by atoms with E-state index in [-0.39, 0.29) is 11.3 Å². The number of nitrogens with zero attached hydrogens (tertiary/aromatic N) is 4. The summed E-state index contributed by atoms with van der Waals surface area (Å²) in [5.74, 6) is -2.65. The van der Waals surface area contributed by atoms with E-state index in [1.165, 1.54) is 0 Å². The molecule has 0 N–H and O–H groups in total. The molecule has 0 amide bonds. The van der Waals surface area contributed by atoms with Crippen molar-refractivity contribution < 1.29 is 8.78 Å². The van der Waals surface area contributed by atoms with E-state index in [1.54, 1.807) is 0 Å². The number of hydrogen-bond donors (Lipinski definition) is 0. The van der Waals surface area contributed by atoms with Gasteiger partial charge in [0.15, 0.2) is 0 Å². The Morgan fingerprint density at radius 1 is 1.23 bits per heavy atom. The molecular formula is C19H19ClF2N4. The van der Waals surface area contributed by atoms with Gasteiger partial charge in [0.05, 0.1) is 5.69 Å². The Morgan fingerprint density at radius 2 is 2.00 bits per heavy atom. The van der Waals surface area contributed by atoms with Crippen molar-refractivity contribution in [2.45, 2.75) is 56.3 Å². The van der Waals surface area contributed by atoms with Gasteiger partial charge in [0, 0.05) is 48.3 Å². The maximum Gasteiger partial charge on any atom is 0.303 e.